The number of rotatable bonds is 4. The van der Waals surface area contributed by atoms with Gasteiger partial charge in [0.15, 0.2) is 0 Å². The van der Waals surface area contributed by atoms with Gasteiger partial charge in [-0.25, -0.2) is 0 Å². The molecule has 1 heterocycles. The summed E-state index contributed by atoms with van der Waals surface area (Å²) in [5.74, 6) is 0.179. The SMILES string of the molecule is O=c1c2ccccc2c(Cc2ccccc2)nn1N=Cc1ccc(O)cc1. The lowest BCUT2D eigenvalue weighted by atomic mass is 10.0. The number of phenolic OH excluding ortho intramolecular Hbond substituents is 1. The number of aromatic hydroxyl groups is 1. The van der Waals surface area contributed by atoms with Gasteiger partial charge in [-0.2, -0.15) is 10.2 Å². The molecule has 27 heavy (non-hydrogen) atoms. The van der Waals surface area contributed by atoms with E-state index in [0.29, 0.717) is 11.8 Å². The number of hydrogen-bond donors (Lipinski definition) is 1. The number of hydrogen-bond acceptors (Lipinski definition) is 4. The molecular weight excluding hydrogens is 338 g/mol. The van der Waals surface area contributed by atoms with Crippen molar-refractivity contribution in [2.24, 2.45) is 5.10 Å². The van der Waals surface area contributed by atoms with Crippen LogP contribution in [0.2, 0.25) is 0 Å². The molecule has 0 saturated heterocycles. The van der Waals surface area contributed by atoms with Crippen molar-refractivity contribution in [1.82, 2.24) is 9.89 Å². The molecule has 0 unspecified atom stereocenters. The predicted octanol–water partition coefficient (Wildman–Crippen LogP) is 3.58. The summed E-state index contributed by atoms with van der Waals surface area (Å²) in [7, 11) is 0. The number of benzene rings is 3. The van der Waals surface area contributed by atoms with Crippen LogP contribution in [0.4, 0.5) is 0 Å². The number of nitrogens with zero attached hydrogens (tertiary/aromatic N) is 3. The minimum atomic E-state index is -0.266. The number of fused-ring (bicyclic) bond motifs is 1. The Balaban J connectivity index is 1.79. The Morgan fingerprint density at radius 2 is 1.56 bits per heavy atom. The lowest BCUT2D eigenvalue weighted by Crippen LogP contribution is -2.21. The summed E-state index contributed by atoms with van der Waals surface area (Å²) in [4.78, 5) is 13.9. The van der Waals surface area contributed by atoms with Crippen molar-refractivity contribution in [2.45, 2.75) is 6.42 Å². The maximum atomic E-state index is 12.8. The van der Waals surface area contributed by atoms with E-state index in [1.165, 1.54) is 0 Å². The average Bonchev–Trinajstić information content (AvgIpc) is 2.71. The van der Waals surface area contributed by atoms with E-state index in [-0.39, 0.29) is 11.3 Å². The summed E-state index contributed by atoms with van der Waals surface area (Å²) >= 11 is 0. The minimum Gasteiger partial charge on any atom is -0.508 e. The quantitative estimate of drug-likeness (QED) is 0.569. The predicted molar refractivity (Wildman–Crippen MR) is 106 cm³/mol. The van der Waals surface area contributed by atoms with Crippen LogP contribution in [-0.4, -0.2) is 21.2 Å². The smallest absolute Gasteiger partial charge is 0.295 e. The average molecular weight is 355 g/mol. The van der Waals surface area contributed by atoms with Gasteiger partial charge in [-0.05, 0) is 41.5 Å². The van der Waals surface area contributed by atoms with Gasteiger partial charge in [0.1, 0.15) is 5.75 Å². The molecule has 0 fully saturated rings. The van der Waals surface area contributed by atoms with E-state index < -0.39 is 0 Å². The fraction of sp³-hybridized carbons (Fsp3) is 0.0455. The molecule has 5 nitrogen and oxygen atoms in total. The van der Waals surface area contributed by atoms with Gasteiger partial charge < -0.3 is 5.11 Å². The summed E-state index contributed by atoms with van der Waals surface area (Å²) in [5.41, 5.74) is 2.40. The van der Waals surface area contributed by atoms with Crippen molar-refractivity contribution >= 4 is 17.0 Å². The van der Waals surface area contributed by atoms with Crippen LogP contribution in [0, 0.1) is 0 Å². The Hall–Kier alpha value is -3.73. The summed E-state index contributed by atoms with van der Waals surface area (Å²) in [6.07, 6.45) is 2.16. The molecule has 0 radical (unpaired) electrons. The Morgan fingerprint density at radius 3 is 2.30 bits per heavy atom. The summed E-state index contributed by atoms with van der Waals surface area (Å²) < 4.78 is 0. The van der Waals surface area contributed by atoms with E-state index in [9.17, 15) is 9.90 Å². The third kappa shape index (κ3) is 3.62. The number of aromatic nitrogens is 2. The van der Waals surface area contributed by atoms with Gasteiger partial charge >= 0.3 is 0 Å². The van der Waals surface area contributed by atoms with Crippen LogP contribution in [-0.2, 0) is 6.42 Å². The maximum absolute atomic E-state index is 12.8. The second-order valence-corrected chi connectivity index (χ2v) is 6.19. The molecule has 132 valence electrons. The molecule has 4 aromatic rings. The lowest BCUT2D eigenvalue weighted by molar-refractivity contribution is 0.475. The van der Waals surface area contributed by atoms with Gasteiger partial charge in [-0.1, -0.05) is 48.5 Å². The largest absolute Gasteiger partial charge is 0.508 e. The molecule has 0 saturated carbocycles. The molecule has 0 aliphatic heterocycles. The topological polar surface area (TPSA) is 67.5 Å². The highest BCUT2D eigenvalue weighted by molar-refractivity contribution is 5.84. The van der Waals surface area contributed by atoms with Crippen LogP contribution in [0.3, 0.4) is 0 Å². The first kappa shape index (κ1) is 16.7. The van der Waals surface area contributed by atoms with Crippen LogP contribution in [0.5, 0.6) is 5.75 Å². The second-order valence-electron chi connectivity index (χ2n) is 6.19. The zero-order valence-electron chi connectivity index (χ0n) is 14.5. The highest BCUT2D eigenvalue weighted by Crippen LogP contribution is 2.17. The summed E-state index contributed by atoms with van der Waals surface area (Å²) in [6, 6.07) is 24.0. The van der Waals surface area contributed by atoms with E-state index in [1.807, 2.05) is 48.5 Å². The van der Waals surface area contributed by atoms with Crippen LogP contribution >= 0.6 is 0 Å². The first-order valence-corrected chi connectivity index (χ1v) is 8.59. The monoisotopic (exact) mass is 355 g/mol. The molecule has 4 rings (SSSR count). The highest BCUT2D eigenvalue weighted by atomic mass is 16.3. The highest BCUT2D eigenvalue weighted by Gasteiger charge is 2.10. The van der Waals surface area contributed by atoms with E-state index in [1.54, 1.807) is 36.5 Å². The van der Waals surface area contributed by atoms with E-state index in [4.69, 9.17) is 0 Å². The molecule has 3 aromatic carbocycles. The van der Waals surface area contributed by atoms with Gasteiger partial charge in [-0.3, -0.25) is 4.79 Å². The van der Waals surface area contributed by atoms with Crippen LogP contribution < -0.4 is 5.56 Å². The fourth-order valence-electron chi connectivity index (χ4n) is 2.92. The summed E-state index contributed by atoms with van der Waals surface area (Å²) in [5, 5.41) is 19.5. The summed E-state index contributed by atoms with van der Waals surface area (Å²) in [6.45, 7) is 0. The molecule has 1 N–H and O–H groups in total. The van der Waals surface area contributed by atoms with Gasteiger partial charge in [0, 0.05) is 11.8 Å². The van der Waals surface area contributed by atoms with Crippen LogP contribution in [0.15, 0.2) is 88.8 Å². The van der Waals surface area contributed by atoms with Crippen molar-refractivity contribution in [3.05, 3.63) is 106 Å². The Bertz CT molecular complexity index is 1160. The molecule has 0 aliphatic rings. The minimum absolute atomic E-state index is 0.179. The fourth-order valence-corrected chi connectivity index (χ4v) is 2.92. The van der Waals surface area contributed by atoms with Crippen molar-refractivity contribution < 1.29 is 5.11 Å². The van der Waals surface area contributed by atoms with E-state index in [0.717, 1.165) is 27.0 Å². The zero-order chi connectivity index (χ0) is 18.6. The van der Waals surface area contributed by atoms with E-state index in [2.05, 4.69) is 10.2 Å². The Labute approximate surface area is 155 Å². The van der Waals surface area contributed by atoms with Crippen LogP contribution in [0.1, 0.15) is 16.8 Å². The van der Waals surface area contributed by atoms with Crippen molar-refractivity contribution in [1.29, 1.82) is 0 Å². The van der Waals surface area contributed by atoms with Gasteiger partial charge in [0.25, 0.3) is 5.56 Å². The standard InChI is InChI=1S/C22H17N3O2/c26-18-12-10-17(11-13-18)15-23-25-22(27)20-9-5-4-8-19(20)21(24-25)14-16-6-2-1-3-7-16/h1-13,15,26H,14H2. The third-order valence-electron chi connectivity index (χ3n) is 4.29. The Kier molecular flexibility index (Phi) is 4.49. The first-order valence-electron chi connectivity index (χ1n) is 8.59. The van der Waals surface area contributed by atoms with Crippen molar-refractivity contribution in [3.63, 3.8) is 0 Å². The van der Waals surface area contributed by atoms with Crippen molar-refractivity contribution in [2.75, 3.05) is 0 Å². The molecule has 0 aliphatic carbocycles. The van der Waals surface area contributed by atoms with E-state index >= 15 is 0 Å². The molecule has 5 heteroatoms. The first-order chi connectivity index (χ1) is 13.2. The maximum Gasteiger partial charge on any atom is 0.295 e. The van der Waals surface area contributed by atoms with Gasteiger partial charge in [0.2, 0.25) is 0 Å². The lowest BCUT2D eigenvalue weighted by Gasteiger charge is -2.08. The second kappa shape index (κ2) is 7.25. The number of phenols is 1. The molecule has 0 bridgehead atoms. The molecule has 0 spiro atoms. The van der Waals surface area contributed by atoms with Gasteiger partial charge in [-0.15, -0.1) is 4.79 Å². The molecule has 1 aromatic heterocycles. The van der Waals surface area contributed by atoms with Gasteiger partial charge in [0.05, 0.1) is 17.3 Å². The third-order valence-corrected chi connectivity index (χ3v) is 4.29. The van der Waals surface area contributed by atoms with Crippen LogP contribution in [0.25, 0.3) is 10.8 Å². The molecular formula is C22H17N3O2. The van der Waals surface area contributed by atoms with Crippen molar-refractivity contribution in [3.8, 4) is 5.75 Å². The molecule has 0 amide bonds. The normalized spacial score (nSPS) is 11.3. The Morgan fingerprint density at radius 1 is 0.889 bits per heavy atom. The molecule has 0 atom stereocenters. The zero-order valence-corrected chi connectivity index (χ0v) is 14.5.